The Labute approximate surface area is 126 Å². The van der Waals surface area contributed by atoms with Gasteiger partial charge in [-0.05, 0) is 36.5 Å². The number of carbonyl (C=O) groups excluding carboxylic acids is 1. The van der Waals surface area contributed by atoms with Gasteiger partial charge in [0.15, 0.2) is 0 Å². The Bertz CT molecular complexity index is 494. The van der Waals surface area contributed by atoms with Gasteiger partial charge in [-0.3, -0.25) is 9.59 Å². The second kappa shape index (κ2) is 6.39. The number of aliphatic carboxylic acids is 1. The average Bonchev–Trinajstić information content (AvgIpc) is 2.34. The van der Waals surface area contributed by atoms with Gasteiger partial charge in [0, 0.05) is 10.4 Å². The van der Waals surface area contributed by atoms with E-state index in [9.17, 15) is 9.59 Å². The molecule has 1 fully saturated rings. The third-order valence-electron chi connectivity index (χ3n) is 3.71. The number of amides is 1. The number of carbonyl (C=O) groups is 2. The molecule has 20 heavy (non-hydrogen) atoms. The smallest absolute Gasteiger partial charge is 0.305 e. The van der Waals surface area contributed by atoms with E-state index < -0.39 is 12.0 Å². The van der Waals surface area contributed by atoms with Gasteiger partial charge in [0.25, 0.3) is 0 Å². The standard InChI is InChI=1S/C15H18BrNO3/c1-9-6-11(7-9)15(20)17-13(8-14(18)19)10-2-4-12(16)5-3-10/h2-5,9,11,13H,6-8H2,1H3,(H,17,20)(H,18,19)/t9?,11?,13-/m0/s1. The summed E-state index contributed by atoms with van der Waals surface area (Å²) < 4.78 is 0.925. The molecule has 1 atom stereocenters. The number of rotatable bonds is 5. The van der Waals surface area contributed by atoms with Crippen molar-refractivity contribution < 1.29 is 14.7 Å². The summed E-state index contributed by atoms with van der Waals surface area (Å²) in [6.45, 7) is 2.12. The van der Waals surface area contributed by atoms with Crippen molar-refractivity contribution in [1.29, 1.82) is 0 Å². The van der Waals surface area contributed by atoms with Gasteiger partial charge in [0.2, 0.25) is 5.91 Å². The lowest BCUT2D eigenvalue weighted by molar-refractivity contribution is -0.138. The van der Waals surface area contributed by atoms with Crippen molar-refractivity contribution in [1.82, 2.24) is 5.32 Å². The third kappa shape index (κ3) is 3.82. The van der Waals surface area contributed by atoms with Gasteiger partial charge in [0.1, 0.15) is 0 Å². The minimum absolute atomic E-state index is 0.0303. The van der Waals surface area contributed by atoms with Gasteiger partial charge in [-0.15, -0.1) is 0 Å². The van der Waals surface area contributed by atoms with Crippen LogP contribution in [0, 0.1) is 11.8 Å². The van der Waals surface area contributed by atoms with E-state index in [0.29, 0.717) is 5.92 Å². The number of nitrogens with one attached hydrogen (secondary N) is 1. The number of hydrogen-bond donors (Lipinski definition) is 2. The Kier molecular flexibility index (Phi) is 4.81. The van der Waals surface area contributed by atoms with Crippen molar-refractivity contribution in [3.8, 4) is 0 Å². The Morgan fingerprint density at radius 2 is 1.95 bits per heavy atom. The molecule has 1 aliphatic carbocycles. The molecular weight excluding hydrogens is 322 g/mol. The molecule has 1 saturated carbocycles. The summed E-state index contributed by atoms with van der Waals surface area (Å²) in [6.07, 6.45) is 1.69. The van der Waals surface area contributed by atoms with Crippen molar-refractivity contribution in [3.05, 3.63) is 34.3 Å². The maximum absolute atomic E-state index is 12.1. The monoisotopic (exact) mass is 339 g/mol. The second-order valence-corrected chi connectivity index (χ2v) is 6.40. The summed E-state index contributed by atoms with van der Waals surface area (Å²) >= 11 is 3.34. The molecule has 2 N–H and O–H groups in total. The molecule has 1 aromatic carbocycles. The van der Waals surface area contributed by atoms with E-state index in [2.05, 4.69) is 28.2 Å². The highest BCUT2D eigenvalue weighted by Crippen LogP contribution is 2.33. The van der Waals surface area contributed by atoms with Crippen LogP contribution in [0.2, 0.25) is 0 Å². The highest BCUT2D eigenvalue weighted by molar-refractivity contribution is 9.10. The van der Waals surface area contributed by atoms with E-state index in [1.807, 2.05) is 24.3 Å². The highest BCUT2D eigenvalue weighted by atomic mass is 79.9. The fourth-order valence-electron chi connectivity index (χ4n) is 2.53. The van der Waals surface area contributed by atoms with Gasteiger partial charge >= 0.3 is 5.97 Å². The number of benzene rings is 1. The molecule has 0 aliphatic heterocycles. The molecule has 0 saturated heterocycles. The van der Waals surface area contributed by atoms with E-state index in [4.69, 9.17) is 5.11 Å². The first-order valence-electron chi connectivity index (χ1n) is 6.73. The number of carboxylic acids is 1. The predicted molar refractivity (Wildman–Crippen MR) is 79.2 cm³/mol. The molecule has 0 heterocycles. The lowest BCUT2D eigenvalue weighted by atomic mass is 9.75. The maximum Gasteiger partial charge on any atom is 0.305 e. The molecular formula is C15H18BrNO3. The van der Waals surface area contributed by atoms with Gasteiger partial charge in [-0.25, -0.2) is 0 Å². The largest absolute Gasteiger partial charge is 0.481 e. The zero-order valence-electron chi connectivity index (χ0n) is 11.3. The van der Waals surface area contributed by atoms with E-state index in [0.717, 1.165) is 22.9 Å². The Balaban J connectivity index is 2.05. The first-order chi connectivity index (χ1) is 9.45. The normalized spacial score (nSPS) is 22.7. The topological polar surface area (TPSA) is 66.4 Å². The molecule has 2 rings (SSSR count). The summed E-state index contributed by atoms with van der Waals surface area (Å²) in [7, 11) is 0. The fraction of sp³-hybridized carbons (Fsp3) is 0.467. The van der Waals surface area contributed by atoms with Crippen molar-refractivity contribution in [3.63, 3.8) is 0 Å². The van der Waals surface area contributed by atoms with Crippen LogP contribution < -0.4 is 5.32 Å². The summed E-state index contributed by atoms with van der Waals surface area (Å²) in [5.41, 5.74) is 0.816. The average molecular weight is 340 g/mol. The van der Waals surface area contributed by atoms with Crippen molar-refractivity contribution in [2.45, 2.75) is 32.2 Å². The maximum atomic E-state index is 12.1. The molecule has 0 unspecified atom stereocenters. The Morgan fingerprint density at radius 1 is 1.35 bits per heavy atom. The number of halogens is 1. The number of hydrogen-bond acceptors (Lipinski definition) is 2. The van der Waals surface area contributed by atoms with Crippen molar-refractivity contribution in [2.75, 3.05) is 0 Å². The summed E-state index contributed by atoms with van der Waals surface area (Å²) in [6, 6.07) is 6.90. The van der Waals surface area contributed by atoms with Crippen LogP contribution in [0.15, 0.2) is 28.7 Å². The van der Waals surface area contributed by atoms with Crippen LogP contribution in [-0.2, 0) is 9.59 Å². The van der Waals surface area contributed by atoms with E-state index in [1.54, 1.807) is 0 Å². The lowest BCUT2D eigenvalue weighted by Crippen LogP contribution is -2.40. The SMILES string of the molecule is CC1CC(C(=O)N[C@@H](CC(=O)O)c2ccc(Br)cc2)C1. The zero-order chi connectivity index (χ0) is 14.7. The minimum Gasteiger partial charge on any atom is -0.481 e. The van der Waals surface area contributed by atoms with E-state index >= 15 is 0 Å². The highest BCUT2D eigenvalue weighted by Gasteiger charge is 2.32. The van der Waals surface area contributed by atoms with Gasteiger partial charge in [0.05, 0.1) is 12.5 Å². The lowest BCUT2D eigenvalue weighted by Gasteiger charge is -2.32. The van der Waals surface area contributed by atoms with Crippen LogP contribution in [0.25, 0.3) is 0 Å². The zero-order valence-corrected chi connectivity index (χ0v) is 12.9. The molecule has 1 aromatic rings. The van der Waals surface area contributed by atoms with Crippen LogP contribution in [0.1, 0.15) is 37.8 Å². The molecule has 1 amide bonds. The van der Waals surface area contributed by atoms with Crippen LogP contribution >= 0.6 is 15.9 Å². The molecule has 0 radical (unpaired) electrons. The Morgan fingerprint density at radius 3 is 2.45 bits per heavy atom. The molecule has 5 heteroatoms. The summed E-state index contributed by atoms with van der Waals surface area (Å²) in [5.74, 6) is -0.314. The van der Waals surface area contributed by atoms with Crippen LogP contribution in [0.5, 0.6) is 0 Å². The van der Waals surface area contributed by atoms with Gasteiger partial charge in [-0.1, -0.05) is 35.0 Å². The van der Waals surface area contributed by atoms with Crippen LogP contribution in [-0.4, -0.2) is 17.0 Å². The molecule has 1 aliphatic rings. The quantitative estimate of drug-likeness (QED) is 0.865. The molecule has 108 valence electrons. The van der Waals surface area contributed by atoms with Crippen LogP contribution in [0.4, 0.5) is 0 Å². The molecule has 0 aromatic heterocycles. The molecule has 0 spiro atoms. The second-order valence-electron chi connectivity index (χ2n) is 5.48. The van der Waals surface area contributed by atoms with Crippen molar-refractivity contribution in [2.24, 2.45) is 11.8 Å². The van der Waals surface area contributed by atoms with E-state index in [1.165, 1.54) is 0 Å². The molecule has 4 nitrogen and oxygen atoms in total. The number of carboxylic acid groups (broad SMARTS) is 1. The molecule has 0 bridgehead atoms. The van der Waals surface area contributed by atoms with E-state index in [-0.39, 0.29) is 18.2 Å². The summed E-state index contributed by atoms with van der Waals surface area (Å²) in [4.78, 5) is 23.1. The third-order valence-corrected chi connectivity index (χ3v) is 4.24. The van der Waals surface area contributed by atoms with Gasteiger partial charge < -0.3 is 10.4 Å². The first-order valence-corrected chi connectivity index (χ1v) is 7.52. The van der Waals surface area contributed by atoms with Crippen LogP contribution in [0.3, 0.4) is 0 Å². The summed E-state index contributed by atoms with van der Waals surface area (Å²) in [5, 5.41) is 11.9. The predicted octanol–water partition coefficient (Wildman–Crippen LogP) is 3.13. The fourth-order valence-corrected chi connectivity index (χ4v) is 2.79. The minimum atomic E-state index is -0.916. The first kappa shape index (κ1) is 15.0. The Hall–Kier alpha value is -1.36. The van der Waals surface area contributed by atoms with Gasteiger partial charge in [-0.2, -0.15) is 0 Å². The van der Waals surface area contributed by atoms with Crippen molar-refractivity contribution >= 4 is 27.8 Å².